The van der Waals surface area contributed by atoms with E-state index >= 15 is 0 Å². The minimum atomic E-state index is -0.174. The Morgan fingerprint density at radius 3 is 2.88 bits per heavy atom. The molecule has 0 saturated heterocycles. The molecule has 0 aliphatic carbocycles. The van der Waals surface area contributed by atoms with Crippen LogP contribution in [0.3, 0.4) is 0 Å². The van der Waals surface area contributed by atoms with Gasteiger partial charge >= 0.3 is 0 Å². The second-order valence-corrected chi connectivity index (χ2v) is 4.53. The molecule has 2 N–H and O–H groups in total. The van der Waals surface area contributed by atoms with Crippen molar-refractivity contribution in [2.45, 2.75) is 39.8 Å². The van der Waals surface area contributed by atoms with Gasteiger partial charge in [-0.2, -0.15) is 0 Å². The minimum absolute atomic E-state index is 0.0356. The highest BCUT2D eigenvalue weighted by molar-refractivity contribution is 7.09. The van der Waals surface area contributed by atoms with Crippen molar-refractivity contribution in [2.24, 2.45) is 0 Å². The molecule has 0 radical (unpaired) electrons. The molecule has 0 aliphatic rings. The molecule has 1 atom stereocenters. The first-order chi connectivity index (χ1) is 7.67. The molecule has 1 aromatic heterocycles. The zero-order valence-electron chi connectivity index (χ0n) is 10.0. The highest BCUT2D eigenvalue weighted by atomic mass is 32.1. The largest absolute Gasteiger partial charge is 0.355 e. The Balaban J connectivity index is 2.36. The molecule has 0 saturated carbocycles. The Morgan fingerprint density at radius 1 is 1.56 bits per heavy atom. The van der Waals surface area contributed by atoms with Crippen molar-refractivity contribution in [1.82, 2.24) is 15.6 Å². The highest BCUT2D eigenvalue weighted by Gasteiger charge is 2.11. The number of hydrogen-bond donors (Lipinski definition) is 2. The van der Waals surface area contributed by atoms with E-state index in [-0.39, 0.29) is 11.9 Å². The molecule has 1 heterocycles. The summed E-state index contributed by atoms with van der Waals surface area (Å²) in [7, 11) is 0. The van der Waals surface area contributed by atoms with E-state index in [1.807, 2.05) is 19.2 Å². The number of rotatable bonds is 6. The summed E-state index contributed by atoms with van der Waals surface area (Å²) < 4.78 is 0. The van der Waals surface area contributed by atoms with Gasteiger partial charge in [0, 0.05) is 18.5 Å². The molecule has 1 rings (SSSR count). The first kappa shape index (κ1) is 13.1. The lowest BCUT2D eigenvalue weighted by atomic mass is 10.3. The van der Waals surface area contributed by atoms with Crippen LogP contribution in [0.1, 0.15) is 31.5 Å². The number of nitrogens with one attached hydrogen (secondary N) is 2. The topological polar surface area (TPSA) is 54.0 Å². The number of thiazole rings is 1. The van der Waals surface area contributed by atoms with Gasteiger partial charge in [0.2, 0.25) is 5.91 Å². The molecule has 0 bridgehead atoms. The molecule has 5 heteroatoms. The van der Waals surface area contributed by atoms with Crippen LogP contribution in [0.25, 0.3) is 0 Å². The Kier molecular flexibility index (Phi) is 5.42. The zero-order valence-corrected chi connectivity index (χ0v) is 10.9. The lowest BCUT2D eigenvalue weighted by Gasteiger charge is -2.11. The van der Waals surface area contributed by atoms with Crippen LogP contribution in [0.4, 0.5) is 0 Å². The second kappa shape index (κ2) is 6.60. The number of aryl methyl sites for hydroxylation is 1. The number of amides is 1. The number of hydrogen-bond acceptors (Lipinski definition) is 4. The molecule has 4 nitrogen and oxygen atoms in total. The average Bonchev–Trinajstić information content (AvgIpc) is 2.74. The molecule has 90 valence electrons. The average molecular weight is 241 g/mol. The Bertz CT molecular complexity index is 338. The van der Waals surface area contributed by atoms with Gasteiger partial charge in [-0.05, 0) is 20.3 Å². The van der Waals surface area contributed by atoms with Crippen LogP contribution >= 0.6 is 11.3 Å². The maximum atomic E-state index is 11.4. The maximum Gasteiger partial charge on any atom is 0.236 e. The summed E-state index contributed by atoms with van der Waals surface area (Å²) in [6.07, 6.45) is 0.969. The van der Waals surface area contributed by atoms with Crippen molar-refractivity contribution < 1.29 is 4.79 Å². The fourth-order valence-corrected chi connectivity index (χ4v) is 2.01. The van der Waals surface area contributed by atoms with Crippen molar-refractivity contribution in [3.63, 3.8) is 0 Å². The van der Waals surface area contributed by atoms with Crippen LogP contribution in [0, 0.1) is 0 Å². The minimum Gasteiger partial charge on any atom is -0.355 e. The summed E-state index contributed by atoms with van der Waals surface area (Å²) in [5.41, 5.74) is 1.01. The third-order valence-electron chi connectivity index (χ3n) is 2.24. The number of likely N-dealkylation sites (N-methyl/N-ethyl adjacent to an activating group) is 1. The number of nitrogens with zero attached hydrogens (tertiary/aromatic N) is 1. The molecule has 16 heavy (non-hydrogen) atoms. The van der Waals surface area contributed by atoms with Crippen molar-refractivity contribution in [1.29, 1.82) is 0 Å². The molecular weight excluding hydrogens is 222 g/mol. The van der Waals surface area contributed by atoms with Crippen molar-refractivity contribution in [3.05, 3.63) is 16.1 Å². The molecule has 0 aromatic carbocycles. The lowest BCUT2D eigenvalue weighted by Crippen LogP contribution is -2.41. The molecule has 0 aliphatic heterocycles. The zero-order chi connectivity index (χ0) is 12.0. The normalized spacial score (nSPS) is 12.4. The van der Waals surface area contributed by atoms with E-state index < -0.39 is 0 Å². The van der Waals surface area contributed by atoms with Crippen molar-refractivity contribution >= 4 is 17.2 Å². The first-order valence-electron chi connectivity index (χ1n) is 5.61. The van der Waals surface area contributed by atoms with E-state index in [9.17, 15) is 4.79 Å². The molecule has 0 spiro atoms. The SMILES string of the molecule is CCNC(=O)C(C)NCc1csc(CC)n1. The van der Waals surface area contributed by atoms with Crippen LogP contribution in [0.2, 0.25) is 0 Å². The molecular formula is C11H19N3OS. The standard InChI is InChI=1S/C11H19N3OS/c1-4-10-14-9(7-16-10)6-13-8(3)11(15)12-5-2/h7-8,13H,4-6H2,1-3H3,(H,12,15). The summed E-state index contributed by atoms with van der Waals surface area (Å²) in [5, 5.41) is 9.11. The van der Waals surface area contributed by atoms with Gasteiger partial charge < -0.3 is 10.6 Å². The van der Waals surface area contributed by atoms with E-state index in [2.05, 4.69) is 22.5 Å². The maximum absolute atomic E-state index is 11.4. The number of carbonyl (C=O) groups is 1. The van der Waals surface area contributed by atoms with Gasteiger partial charge in [-0.25, -0.2) is 4.98 Å². The van der Waals surface area contributed by atoms with Gasteiger partial charge in [-0.1, -0.05) is 6.92 Å². The quantitative estimate of drug-likeness (QED) is 0.790. The molecule has 0 fully saturated rings. The lowest BCUT2D eigenvalue weighted by molar-refractivity contribution is -0.122. The Labute approximate surface area is 100 Å². The van der Waals surface area contributed by atoms with Gasteiger partial charge in [0.1, 0.15) is 0 Å². The molecule has 1 unspecified atom stereocenters. The van der Waals surface area contributed by atoms with Gasteiger partial charge in [0.25, 0.3) is 0 Å². The van der Waals surface area contributed by atoms with Crippen molar-refractivity contribution in [2.75, 3.05) is 6.54 Å². The Hall–Kier alpha value is -0.940. The summed E-state index contributed by atoms with van der Waals surface area (Å²) in [4.78, 5) is 15.9. The summed E-state index contributed by atoms with van der Waals surface area (Å²) in [5.74, 6) is 0.0356. The van der Waals surface area contributed by atoms with Gasteiger partial charge in [-0.3, -0.25) is 4.79 Å². The molecule has 1 aromatic rings. The third-order valence-corrected chi connectivity index (χ3v) is 3.28. The fourth-order valence-electron chi connectivity index (χ4n) is 1.27. The van der Waals surface area contributed by atoms with Gasteiger partial charge in [-0.15, -0.1) is 11.3 Å². The van der Waals surface area contributed by atoms with E-state index in [1.54, 1.807) is 11.3 Å². The second-order valence-electron chi connectivity index (χ2n) is 3.58. The Morgan fingerprint density at radius 2 is 2.31 bits per heavy atom. The van der Waals surface area contributed by atoms with Crippen LogP contribution in [-0.2, 0) is 17.8 Å². The van der Waals surface area contributed by atoms with Crippen LogP contribution < -0.4 is 10.6 Å². The first-order valence-corrected chi connectivity index (χ1v) is 6.49. The summed E-state index contributed by atoms with van der Waals surface area (Å²) in [6, 6.07) is -0.174. The third kappa shape index (κ3) is 3.90. The van der Waals surface area contributed by atoms with Crippen molar-refractivity contribution in [3.8, 4) is 0 Å². The predicted octanol–water partition coefficient (Wildman–Crippen LogP) is 1.32. The van der Waals surface area contributed by atoms with Crippen LogP contribution in [-0.4, -0.2) is 23.5 Å². The van der Waals surface area contributed by atoms with E-state index in [4.69, 9.17) is 0 Å². The van der Waals surface area contributed by atoms with Gasteiger partial charge in [0.15, 0.2) is 0 Å². The highest BCUT2D eigenvalue weighted by Crippen LogP contribution is 2.09. The number of carbonyl (C=O) groups excluding carboxylic acids is 1. The summed E-state index contributed by atoms with van der Waals surface area (Å²) in [6.45, 7) is 7.18. The van der Waals surface area contributed by atoms with E-state index in [0.29, 0.717) is 13.1 Å². The fraction of sp³-hybridized carbons (Fsp3) is 0.636. The van der Waals surface area contributed by atoms with Crippen LogP contribution in [0.5, 0.6) is 0 Å². The smallest absolute Gasteiger partial charge is 0.236 e. The molecule has 1 amide bonds. The number of aromatic nitrogens is 1. The monoisotopic (exact) mass is 241 g/mol. The van der Waals surface area contributed by atoms with E-state index in [0.717, 1.165) is 17.1 Å². The van der Waals surface area contributed by atoms with E-state index in [1.165, 1.54) is 0 Å². The van der Waals surface area contributed by atoms with Crippen LogP contribution in [0.15, 0.2) is 5.38 Å². The predicted molar refractivity (Wildman–Crippen MR) is 66.5 cm³/mol. The van der Waals surface area contributed by atoms with Gasteiger partial charge in [0.05, 0.1) is 16.7 Å². The summed E-state index contributed by atoms with van der Waals surface area (Å²) >= 11 is 1.67.